The van der Waals surface area contributed by atoms with Crippen LogP contribution in [-0.4, -0.2) is 28.0 Å². The third kappa shape index (κ3) is 3.53. The molecule has 1 aromatic heterocycles. The van der Waals surface area contributed by atoms with Crippen molar-refractivity contribution in [1.29, 1.82) is 0 Å². The molecule has 2 fully saturated rings. The second-order valence-corrected chi connectivity index (χ2v) is 6.86. The normalized spacial score (nSPS) is 19.8. The molecule has 0 amide bonds. The van der Waals surface area contributed by atoms with Gasteiger partial charge in [-0.2, -0.15) is 0 Å². The number of rotatable bonds is 4. The molecule has 120 valence electrons. The first-order valence-corrected chi connectivity index (χ1v) is 8.65. The predicted molar refractivity (Wildman–Crippen MR) is 90.5 cm³/mol. The number of benzene rings is 1. The number of nitrogens with one attached hydrogen (secondary N) is 1. The van der Waals surface area contributed by atoms with Gasteiger partial charge in [0.15, 0.2) is 0 Å². The quantitative estimate of drug-likeness (QED) is 0.944. The monoisotopic (exact) mass is 309 g/mol. The second-order valence-electron chi connectivity index (χ2n) is 6.86. The first kappa shape index (κ1) is 14.6. The van der Waals surface area contributed by atoms with Gasteiger partial charge in [-0.05, 0) is 50.3 Å². The van der Waals surface area contributed by atoms with Gasteiger partial charge in [-0.3, -0.25) is 9.69 Å². The number of nitrogens with zero attached hydrogens (tertiary/aromatic N) is 2. The SMILES string of the molecule is O=c1cc(CN2CCC(c3ccccc3)CC2)nc(C2CC2)[nH]1. The van der Waals surface area contributed by atoms with Crippen molar-refractivity contribution >= 4 is 0 Å². The van der Waals surface area contributed by atoms with Crippen LogP contribution < -0.4 is 5.56 Å². The summed E-state index contributed by atoms with van der Waals surface area (Å²) in [4.78, 5) is 21.8. The first-order valence-electron chi connectivity index (χ1n) is 8.65. The van der Waals surface area contributed by atoms with Crippen LogP contribution >= 0.6 is 0 Å². The smallest absolute Gasteiger partial charge is 0.251 e. The van der Waals surface area contributed by atoms with Crippen molar-refractivity contribution in [2.75, 3.05) is 13.1 Å². The number of aromatic nitrogens is 2. The van der Waals surface area contributed by atoms with Crippen LogP contribution in [0.2, 0.25) is 0 Å². The van der Waals surface area contributed by atoms with Gasteiger partial charge in [0.25, 0.3) is 5.56 Å². The summed E-state index contributed by atoms with van der Waals surface area (Å²) in [7, 11) is 0. The van der Waals surface area contributed by atoms with E-state index in [-0.39, 0.29) is 5.56 Å². The molecule has 0 bridgehead atoms. The lowest BCUT2D eigenvalue weighted by Gasteiger charge is -2.32. The van der Waals surface area contributed by atoms with E-state index in [9.17, 15) is 4.79 Å². The van der Waals surface area contributed by atoms with Crippen LogP contribution in [0.1, 0.15) is 54.6 Å². The van der Waals surface area contributed by atoms with Gasteiger partial charge in [0, 0.05) is 18.5 Å². The van der Waals surface area contributed by atoms with Crippen LogP contribution in [0.5, 0.6) is 0 Å². The number of likely N-dealkylation sites (tertiary alicyclic amines) is 1. The number of hydrogen-bond donors (Lipinski definition) is 1. The molecule has 0 spiro atoms. The van der Waals surface area contributed by atoms with E-state index in [1.54, 1.807) is 6.07 Å². The minimum atomic E-state index is -0.00364. The topological polar surface area (TPSA) is 49.0 Å². The Morgan fingerprint density at radius 3 is 2.48 bits per heavy atom. The molecule has 4 nitrogen and oxygen atoms in total. The molecule has 1 saturated carbocycles. The van der Waals surface area contributed by atoms with E-state index in [0.29, 0.717) is 11.8 Å². The van der Waals surface area contributed by atoms with Gasteiger partial charge in [0.05, 0.1) is 5.69 Å². The Balaban J connectivity index is 1.39. The van der Waals surface area contributed by atoms with E-state index in [1.807, 2.05) is 0 Å². The van der Waals surface area contributed by atoms with Gasteiger partial charge in [-0.1, -0.05) is 30.3 Å². The third-order valence-electron chi connectivity index (χ3n) is 5.02. The summed E-state index contributed by atoms with van der Waals surface area (Å²) in [6.07, 6.45) is 4.69. The largest absolute Gasteiger partial charge is 0.310 e. The minimum absolute atomic E-state index is 0.00364. The van der Waals surface area contributed by atoms with E-state index in [4.69, 9.17) is 0 Å². The molecule has 2 aliphatic rings. The van der Waals surface area contributed by atoms with Crippen LogP contribution in [0.3, 0.4) is 0 Å². The van der Waals surface area contributed by atoms with Gasteiger partial charge in [-0.15, -0.1) is 0 Å². The van der Waals surface area contributed by atoms with Gasteiger partial charge in [0.1, 0.15) is 5.82 Å². The molecule has 4 rings (SSSR count). The number of hydrogen-bond acceptors (Lipinski definition) is 3. The zero-order chi connectivity index (χ0) is 15.6. The first-order chi connectivity index (χ1) is 11.3. The fourth-order valence-electron chi connectivity index (χ4n) is 3.54. The summed E-state index contributed by atoms with van der Waals surface area (Å²) in [5.74, 6) is 2.06. The second kappa shape index (κ2) is 6.28. The lowest BCUT2D eigenvalue weighted by Crippen LogP contribution is -2.33. The molecule has 2 aromatic rings. The zero-order valence-corrected chi connectivity index (χ0v) is 13.4. The van der Waals surface area contributed by atoms with Gasteiger partial charge in [-0.25, -0.2) is 4.98 Å². The van der Waals surface area contributed by atoms with Crippen LogP contribution in [0.4, 0.5) is 0 Å². The fourth-order valence-corrected chi connectivity index (χ4v) is 3.54. The maximum Gasteiger partial charge on any atom is 0.251 e. The van der Waals surface area contributed by atoms with Crippen LogP contribution in [0, 0.1) is 0 Å². The van der Waals surface area contributed by atoms with Crippen LogP contribution in [0.25, 0.3) is 0 Å². The van der Waals surface area contributed by atoms with Crippen molar-refractivity contribution in [3.8, 4) is 0 Å². The molecule has 2 heterocycles. The standard InChI is InChI=1S/C19H23N3O/c23-18-12-17(20-19(21-18)16-6-7-16)13-22-10-8-15(9-11-22)14-4-2-1-3-5-14/h1-5,12,15-16H,6-11,13H2,(H,20,21,23). The Bertz CT molecular complexity index is 713. The van der Waals surface area contributed by atoms with E-state index in [1.165, 1.54) is 18.4 Å². The molecule has 1 N–H and O–H groups in total. The van der Waals surface area contributed by atoms with Gasteiger partial charge >= 0.3 is 0 Å². The van der Waals surface area contributed by atoms with E-state index in [2.05, 4.69) is 45.2 Å². The summed E-state index contributed by atoms with van der Waals surface area (Å²) in [5.41, 5.74) is 2.38. The highest BCUT2D eigenvalue weighted by Gasteiger charge is 2.27. The van der Waals surface area contributed by atoms with E-state index in [0.717, 1.165) is 44.0 Å². The molecule has 1 aliphatic carbocycles. The zero-order valence-electron chi connectivity index (χ0n) is 13.4. The summed E-state index contributed by atoms with van der Waals surface area (Å²) in [6, 6.07) is 12.5. The molecule has 0 atom stereocenters. The number of piperidine rings is 1. The molecule has 23 heavy (non-hydrogen) atoms. The minimum Gasteiger partial charge on any atom is -0.310 e. The van der Waals surface area contributed by atoms with Crippen LogP contribution in [0.15, 0.2) is 41.2 Å². The Labute approximate surface area is 136 Å². The Morgan fingerprint density at radius 2 is 1.78 bits per heavy atom. The molecular weight excluding hydrogens is 286 g/mol. The van der Waals surface area contributed by atoms with E-state index < -0.39 is 0 Å². The van der Waals surface area contributed by atoms with Crippen molar-refractivity contribution in [3.05, 3.63) is 63.8 Å². The molecule has 1 saturated heterocycles. The molecule has 0 radical (unpaired) electrons. The fraction of sp³-hybridized carbons (Fsp3) is 0.474. The van der Waals surface area contributed by atoms with Crippen molar-refractivity contribution in [3.63, 3.8) is 0 Å². The highest BCUT2D eigenvalue weighted by molar-refractivity contribution is 5.20. The van der Waals surface area contributed by atoms with E-state index >= 15 is 0 Å². The lowest BCUT2D eigenvalue weighted by molar-refractivity contribution is 0.202. The van der Waals surface area contributed by atoms with Crippen molar-refractivity contribution < 1.29 is 0 Å². The van der Waals surface area contributed by atoms with Crippen LogP contribution in [-0.2, 0) is 6.54 Å². The molecular formula is C19H23N3O. The average molecular weight is 309 g/mol. The highest BCUT2D eigenvalue weighted by atomic mass is 16.1. The lowest BCUT2D eigenvalue weighted by atomic mass is 9.89. The summed E-state index contributed by atoms with van der Waals surface area (Å²) >= 11 is 0. The average Bonchev–Trinajstić information content (AvgIpc) is 3.41. The Morgan fingerprint density at radius 1 is 1.04 bits per heavy atom. The predicted octanol–water partition coefficient (Wildman–Crippen LogP) is 3.03. The van der Waals surface area contributed by atoms with Gasteiger partial charge < -0.3 is 4.98 Å². The molecule has 4 heteroatoms. The van der Waals surface area contributed by atoms with Gasteiger partial charge in [0.2, 0.25) is 0 Å². The molecule has 0 unspecified atom stereocenters. The van der Waals surface area contributed by atoms with Crippen molar-refractivity contribution in [2.45, 2.75) is 44.1 Å². The van der Waals surface area contributed by atoms with Crippen molar-refractivity contribution in [2.24, 2.45) is 0 Å². The summed E-state index contributed by atoms with van der Waals surface area (Å²) < 4.78 is 0. The summed E-state index contributed by atoms with van der Waals surface area (Å²) in [5, 5.41) is 0. The molecule has 1 aliphatic heterocycles. The Hall–Kier alpha value is -1.94. The molecule has 1 aromatic carbocycles. The maximum atomic E-state index is 11.8. The highest BCUT2D eigenvalue weighted by Crippen LogP contribution is 2.37. The number of aromatic amines is 1. The third-order valence-corrected chi connectivity index (χ3v) is 5.02. The Kier molecular flexibility index (Phi) is 4.00. The number of H-pyrrole nitrogens is 1. The summed E-state index contributed by atoms with van der Waals surface area (Å²) in [6.45, 7) is 2.95. The maximum absolute atomic E-state index is 11.8. The van der Waals surface area contributed by atoms with Crippen molar-refractivity contribution in [1.82, 2.24) is 14.9 Å².